The third-order valence-corrected chi connectivity index (χ3v) is 9.50. The summed E-state index contributed by atoms with van der Waals surface area (Å²) < 4.78 is 56.5. The first-order valence-corrected chi connectivity index (χ1v) is 19.0. The zero-order valence-electron chi connectivity index (χ0n) is 28.5. The van der Waals surface area contributed by atoms with Crippen molar-refractivity contribution in [3.63, 3.8) is 0 Å². The number of amides is 2. The largest absolute Gasteiger partial charge is 0.391 e. The van der Waals surface area contributed by atoms with Gasteiger partial charge in [-0.2, -0.15) is 0 Å². The Morgan fingerprint density at radius 2 is 1.17 bits per heavy atom. The molecule has 1 atom stereocenters. The predicted octanol–water partition coefficient (Wildman–Crippen LogP) is 9.19. The normalized spacial score (nSPS) is 13.4. The van der Waals surface area contributed by atoms with Crippen LogP contribution in [-0.4, -0.2) is 46.9 Å². The van der Waals surface area contributed by atoms with Crippen molar-refractivity contribution in [1.29, 1.82) is 0 Å². The topological polar surface area (TPSA) is 141 Å². The van der Waals surface area contributed by atoms with Crippen LogP contribution in [0.4, 0.5) is 40.3 Å². The van der Waals surface area contributed by atoms with Crippen LogP contribution in [0.2, 0.25) is 10.0 Å². The van der Waals surface area contributed by atoms with Crippen LogP contribution < -0.4 is 21.6 Å². The molecule has 54 heavy (non-hydrogen) atoms. The number of rotatable bonds is 14. The lowest BCUT2D eigenvalue weighted by molar-refractivity contribution is -0.0230. The standard InChI is InChI=1S/C19H20ClF2IN2O3.C17H14ClF2IN2O3/c1-10(2)5-12(26)9-28-25-19(27)13-7-15(21)16(22)8-18(13)24-17-4-3-11(23)6-14(17)20;18-11-5-9(21)1-2-14(11)22-15-7-13(20)12(19)6-10(15)16(24)23-26-8-17(25)3-4-17/h3-4,6-8,10,12,24,26H,5,9H2,1-2H3,(H,25,27);1-2,5-7,22,25H,3-4,8H2,(H,23,24). The van der Waals surface area contributed by atoms with Crippen molar-refractivity contribution in [2.75, 3.05) is 23.8 Å². The van der Waals surface area contributed by atoms with Crippen LogP contribution in [0.1, 0.15) is 53.8 Å². The number of carbonyl (C=O) groups is 2. The molecule has 0 aromatic heterocycles. The van der Waals surface area contributed by atoms with E-state index in [1.54, 1.807) is 36.4 Å². The van der Waals surface area contributed by atoms with Crippen LogP contribution in [0, 0.1) is 36.3 Å². The number of hydrogen-bond donors (Lipinski definition) is 6. The van der Waals surface area contributed by atoms with Crippen molar-refractivity contribution in [3.8, 4) is 0 Å². The smallest absolute Gasteiger partial charge is 0.277 e. The highest BCUT2D eigenvalue weighted by Gasteiger charge is 2.41. The van der Waals surface area contributed by atoms with Crippen LogP contribution in [0.5, 0.6) is 0 Å². The van der Waals surface area contributed by atoms with Crippen molar-refractivity contribution >= 4 is 103 Å². The van der Waals surface area contributed by atoms with Gasteiger partial charge >= 0.3 is 0 Å². The average molecular weight is 1020 g/mol. The summed E-state index contributed by atoms with van der Waals surface area (Å²) in [5, 5.41) is 25.8. The number of benzene rings is 4. The Bertz CT molecular complexity index is 1990. The molecule has 1 aliphatic rings. The Kier molecular flexibility index (Phi) is 16.0. The zero-order valence-corrected chi connectivity index (χ0v) is 34.3. The molecule has 18 heteroatoms. The molecule has 5 rings (SSSR count). The van der Waals surface area contributed by atoms with E-state index in [1.165, 1.54) is 0 Å². The number of halogens is 8. The van der Waals surface area contributed by atoms with Crippen molar-refractivity contribution in [2.45, 2.75) is 44.8 Å². The molecule has 0 heterocycles. The van der Waals surface area contributed by atoms with Crippen LogP contribution >= 0.6 is 68.4 Å². The number of aliphatic hydroxyl groups is 2. The van der Waals surface area contributed by atoms with Gasteiger partial charge in [0.05, 0.1) is 55.6 Å². The van der Waals surface area contributed by atoms with E-state index in [0.717, 1.165) is 31.4 Å². The fraction of sp³-hybridized carbons (Fsp3) is 0.278. The van der Waals surface area contributed by atoms with E-state index in [1.807, 2.05) is 13.8 Å². The van der Waals surface area contributed by atoms with Crippen molar-refractivity contribution < 1.29 is 47.0 Å². The summed E-state index contributed by atoms with van der Waals surface area (Å²) in [6.45, 7) is 3.68. The van der Waals surface area contributed by atoms with Crippen molar-refractivity contribution in [2.24, 2.45) is 5.92 Å². The van der Waals surface area contributed by atoms with Crippen LogP contribution in [0.25, 0.3) is 0 Å². The second kappa shape index (κ2) is 19.7. The summed E-state index contributed by atoms with van der Waals surface area (Å²) >= 11 is 16.5. The lowest BCUT2D eigenvalue weighted by atomic mass is 10.1. The van der Waals surface area contributed by atoms with Gasteiger partial charge in [0.1, 0.15) is 13.2 Å². The molecule has 4 aromatic carbocycles. The predicted molar refractivity (Wildman–Crippen MR) is 214 cm³/mol. The van der Waals surface area contributed by atoms with Crippen LogP contribution in [0.3, 0.4) is 0 Å². The molecule has 0 saturated heterocycles. The molecule has 0 bridgehead atoms. The Morgan fingerprint density at radius 3 is 1.57 bits per heavy atom. The third kappa shape index (κ3) is 13.1. The fourth-order valence-corrected chi connectivity index (χ4v) is 6.40. The number of hydrogen-bond acceptors (Lipinski definition) is 8. The summed E-state index contributed by atoms with van der Waals surface area (Å²) in [5.74, 6) is -5.89. The van der Waals surface area contributed by atoms with Crippen molar-refractivity contribution in [3.05, 3.63) is 112 Å². The zero-order chi connectivity index (χ0) is 39.7. The van der Waals surface area contributed by atoms with Crippen molar-refractivity contribution in [1.82, 2.24) is 11.0 Å². The molecular formula is C36H34Cl2F4I2N4O6. The second-order valence-corrected chi connectivity index (χ2v) is 15.9. The lowest BCUT2D eigenvalue weighted by Gasteiger charge is -2.16. The number of anilines is 4. The summed E-state index contributed by atoms with van der Waals surface area (Å²) in [6.07, 6.45) is 0.922. The molecule has 2 amide bonds. The number of hydroxylamine groups is 2. The summed E-state index contributed by atoms with van der Waals surface area (Å²) in [6, 6.07) is 13.5. The van der Waals surface area contributed by atoms with E-state index in [9.17, 15) is 37.4 Å². The number of aliphatic hydroxyl groups excluding tert-OH is 1. The van der Waals surface area contributed by atoms with E-state index in [4.69, 9.17) is 32.9 Å². The van der Waals surface area contributed by atoms with E-state index < -0.39 is 46.8 Å². The second-order valence-electron chi connectivity index (χ2n) is 12.6. The van der Waals surface area contributed by atoms with Gasteiger partial charge in [-0.3, -0.25) is 19.3 Å². The molecule has 1 fully saturated rings. The molecule has 290 valence electrons. The molecule has 1 aliphatic carbocycles. The SMILES string of the molecule is CC(C)CC(O)CONC(=O)c1cc(F)c(F)cc1Nc1ccc(I)cc1Cl.O=C(NOCC1(O)CC1)c1cc(F)c(F)cc1Nc1ccc(I)cc1Cl. The summed E-state index contributed by atoms with van der Waals surface area (Å²) in [7, 11) is 0. The monoisotopic (exact) mass is 1020 g/mol. The minimum absolute atomic E-state index is 0.0193. The van der Waals surface area contributed by atoms with Gasteiger partial charge in [0, 0.05) is 19.3 Å². The molecule has 0 spiro atoms. The minimum atomic E-state index is -1.18. The molecular weight excluding hydrogens is 985 g/mol. The highest BCUT2D eigenvalue weighted by molar-refractivity contribution is 14.1. The maximum atomic E-state index is 13.7. The van der Waals surface area contributed by atoms with Gasteiger partial charge in [0.25, 0.3) is 11.8 Å². The van der Waals surface area contributed by atoms with E-state index >= 15 is 0 Å². The highest BCUT2D eigenvalue weighted by Crippen LogP contribution is 2.35. The third-order valence-electron chi connectivity index (χ3n) is 7.53. The number of nitrogens with one attached hydrogen (secondary N) is 4. The van der Waals surface area contributed by atoms with Gasteiger partial charge in [-0.1, -0.05) is 37.0 Å². The maximum Gasteiger partial charge on any atom is 0.277 e. The van der Waals surface area contributed by atoms with Gasteiger partial charge < -0.3 is 20.8 Å². The first-order valence-electron chi connectivity index (χ1n) is 16.1. The summed E-state index contributed by atoms with van der Waals surface area (Å²) in [5.41, 5.74) is 3.91. The van der Waals surface area contributed by atoms with Gasteiger partial charge in [-0.15, -0.1) is 0 Å². The quantitative estimate of drug-likeness (QED) is 0.0418. The Labute approximate surface area is 345 Å². The van der Waals surface area contributed by atoms with Gasteiger partial charge in [-0.05, 0) is 119 Å². The first-order chi connectivity index (χ1) is 25.4. The Morgan fingerprint density at radius 1 is 0.741 bits per heavy atom. The van der Waals surface area contributed by atoms with Gasteiger partial charge in [0.15, 0.2) is 23.3 Å². The highest BCUT2D eigenvalue weighted by atomic mass is 127. The average Bonchev–Trinajstić information content (AvgIpc) is 3.83. The Balaban J connectivity index is 0.000000241. The minimum Gasteiger partial charge on any atom is -0.391 e. The lowest BCUT2D eigenvalue weighted by Crippen LogP contribution is -2.29. The Hall–Kier alpha value is -2.98. The molecule has 0 radical (unpaired) electrons. The van der Waals surface area contributed by atoms with Gasteiger partial charge in [0.2, 0.25) is 0 Å². The molecule has 6 N–H and O–H groups in total. The fourth-order valence-electron chi connectivity index (χ4n) is 4.60. The molecule has 4 aromatic rings. The maximum absolute atomic E-state index is 13.7. The van der Waals surface area contributed by atoms with E-state index in [0.29, 0.717) is 40.7 Å². The summed E-state index contributed by atoms with van der Waals surface area (Å²) in [4.78, 5) is 34.6. The first kappa shape index (κ1) is 43.7. The van der Waals surface area contributed by atoms with Gasteiger partial charge in [-0.25, -0.2) is 28.5 Å². The molecule has 0 aliphatic heterocycles. The van der Waals surface area contributed by atoms with Crippen LogP contribution in [0.15, 0.2) is 60.7 Å². The molecule has 10 nitrogen and oxygen atoms in total. The molecule has 1 saturated carbocycles. The molecule has 1 unspecified atom stereocenters. The van der Waals surface area contributed by atoms with E-state index in [2.05, 4.69) is 66.8 Å². The van der Waals surface area contributed by atoms with Crippen LogP contribution in [-0.2, 0) is 9.68 Å². The number of carbonyl (C=O) groups excluding carboxylic acids is 2. The van der Waals surface area contributed by atoms with E-state index in [-0.39, 0.29) is 41.6 Å².